The number of nitrogens with zero attached hydrogens (tertiary/aromatic N) is 1. The molecule has 0 aromatic rings. The highest BCUT2D eigenvalue weighted by atomic mass is 16.7. The molecule has 0 aliphatic heterocycles. The van der Waals surface area contributed by atoms with E-state index < -0.39 is 24.3 Å². The van der Waals surface area contributed by atoms with E-state index in [9.17, 15) is 19.5 Å². The molecule has 0 amide bonds. The molecule has 0 aromatic carbocycles. The average Bonchev–Trinajstić information content (AvgIpc) is 3.70. The minimum absolute atomic E-state index is 0.150. The SMILES string of the molecule is CC/C=C\C/C=C\C/C=C\C/C=C\C/C=C\CCCCCCCCCCCCCCCCCCCCCCCC(=O)OC(COC(=O)CCCCCCCCCCCCCCCCCCCCCCCCCCCCC)COC(OCC[N+](C)(C)C)C(=O)[O-]. The first kappa shape index (κ1) is 86.0. The summed E-state index contributed by atoms with van der Waals surface area (Å²) in [4.78, 5) is 37.6. The monoisotopic (exact) mass is 1250 g/mol. The number of carbonyl (C=O) groups is 3. The van der Waals surface area contributed by atoms with Crippen LogP contribution < -0.4 is 5.11 Å². The highest BCUT2D eigenvalue weighted by Crippen LogP contribution is 2.19. The third-order valence-electron chi connectivity index (χ3n) is 17.3. The van der Waals surface area contributed by atoms with Crippen LogP contribution in [0.2, 0.25) is 0 Å². The van der Waals surface area contributed by atoms with E-state index in [0.717, 1.165) is 70.6 Å². The molecule has 0 rings (SSSR count). The van der Waals surface area contributed by atoms with Crippen LogP contribution >= 0.6 is 0 Å². The molecule has 0 aliphatic rings. The standard InChI is InChI=1S/C80H147NO8/c1-6-8-10-12-14-16-18-20-22-24-26-28-30-32-34-35-36-37-38-39-40-41-42-43-45-47-49-51-53-55-57-59-61-63-65-67-69-71-78(83)89-76(75-88-80(79(84)85)86-73-72-81(3,4)5)74-87-77(82)70-68-66-64-62-60-58-56-54-52-50-48-46-44-33-31-29-27-25-23-21-19-17-15-13-11-9-7-2/h8,10,14,16,20,22,26,28,32,34,76,80H,6-7,9,11-13,15,17-19,21,23-25,27,29-31,33,35-75H2,1-5H3/b10-8-,16-14-,22-20-,28-26-,34-32-. The Morgan fingerprint density at radius 3 is 0.955 bits per heavy atom. The van der Waals surface area contributed by atoms with Crippen LogP contribution in [0, 0.1) is 0 Å². The maximum absolute atomic E-state index is 13.0. The molecule has 0 spiro atoms. The summed E-state index contributed by atoms with van der Waals surface area (Å²) in [5, 5.41) is 11.8. The second-order valence-electron chi connectivity index (χ2n) is 27.3. The molecule has 9 nitrogen and oxygen atoms in total. The second kappa shape index (κ2) is 70.9. The molecule has 2 unspecified atom stereocenters. The van der Waals surface area contributed by atoms with Crippen LogP contribution in [0.4, 0.5) is 0 Å². The number of likely N-dealkylation sites (N-methyl/N-ethyl adjacent to an activating group) is 1. The van der Waals surface area contributed by atoms with Crippen LogP contribution in [0.5, 0.6) is 0 Å². The molecule has 0 aromatic heterocycles. The lowest BCUT2D eigenvalue weighted by atomic mass is 10.0. The van der Waals surface area contributed by atoms with Crippen molar-refractivity contribution in [3.8, 4) is 0 Å². The van der Waals surface area contributed by atoms with Gasteiger partial charge in [-0.2, -0.15) is 0 Å². The zero-order valence-electron chi connectivity index (χ0n) is 59.6. The van der Waals surface area contributed by atoms with Crippen molar-refractivity contribution >= 4 is 17.9 Å². The quantitative estimate of drug-likeness (QED) is 0.0195. The normalized spacial score (nSPS) is 13.0. The smallest absolute Gasteiger partial charge is 0.306 e. The molecule has 520 valence electrons. The van der Waals surface area contributed by atoms with Gasteiger partial charge < -0.3 is 33.3 Å². The van der Waals surface area contributed by atoms with Gasteiger partial charge in [0.25, 0.3) is 0 Å². The molecule has 0 saturated carbocycles. The van der Waals surface area contributed by atoms with E-state index >= 15 is 0 Å². The number of allylic oxidation sites excluding steroid dienone is 10. The van der Waals surface area contributed by atoms with E-state index in [1.54, 1.807) is 0 Å². The predicted octanol–water partition coefficient (Wildman–Crippen LogP) is 22.9. The van der Waals surface area contributed by atoms with Crippen molar-refractivity contribution in [1.29, 1.82) is 0 Å². The molecule has 0 bridgehead atoms. The van der Waals surface area contributed by atoms with Crippen molar-refractivity contribution in [1.82, 2.24) is 0 Å². The lowest BCUT2D eigenvalue weighted by Gasteiger charge is -2.26. The lowest BCUT2D eigenvalue weighted by Crippen LogP contribution is -2.44. The van der Waals surface area contributed by atoms with Crippen molar-refractivity contribution in [2.24, 2.45) is 0 Å². The van der Waals surface area contributed by atoms with Gasteiger partial charge in [-0.15, -0.1) is 0 Å². The number of aliphatic carboxylic acids is 1. The molecule has 0 fully saturated rings. The number of esters is 2. The van der Waals surface area contributed by atoms with Crippen molar-refractivity contribution in [2.45, 2.75) is 386 Å². The van der Waals surface area contributed by atoms with Gasteiger partial charge in [0.1, 0.15) is 13.2 Å². The Labute approximate surface area is 552 Å². The van der Waals surface area contributed by atoms with E-state index in [-0.39, 0.29) is 32.2 Å². The van der Waals surface area contributed by atoms with Crippen LogP contribution in [0.15, 0.2) is 60.8 Å². The Morgan fingerprint density at radius 1 is 0.348 bits per heavy atom. The summed E-state index contributed by atoms with van der Waals surface area (Å²) in [5.41, 5.74) is 0. The summed E-state index contributed by atoms with van der Waals surface area (Å²) in [6, 6.07) is 0. The number of carboxylic acids is 1. The summed E-state index contributed by atoms with van der Waals surface area (Å²) < 4.78 is 22.9. The summed E-state index contributed by atoms with van der Waals surface area (Å²) in [7, 11) is 5.95. The largest absolute Gasteiger partial charge is 0.545 e. The van der Waals surface area contributed by atoms with Crippen molar-refractivity contribution in [2.75, 3.05) is 47.5 Å². The molecule has 0 N–H and O–H groups in total. The minimum Gasteiger partial charge on any atom is -0.545 e. The number of carboxylic acid groups (broad SMARTS) is 1. The number of unbranched alkanes of at least 4 members (excludes halogenated alkanes) is 47. The fourth-order valence-corrected chi connectivity index (χ4v) is 11.5. The number of ether oxygens (including phenoxy) is 4. The molecule has 0 heterocycles. The first-order chi connectivity index (χ1) is 43.6. The van der Waals surface area contributed by atoms with Gasteiger partial charge in [-0.25, -0.2) is 0 Å². The first-order valence-electron chi connectivity index (χ1n) is 38.4. The molecule has 89 heavy (non-hydrogen) atoms. The maximum atomic E-state index is 13.0. The highest BCUT2D eigenvalue weighted by Gasteiger charge is 2.22. The Bertz CT molecular complexity index is 1650. The molecule has 9 heteroatoms. The van der Waals surface area contributed by atoms with Gasteiger partial charge in [0.05, 0.1) is 40.3 Å². The highest BCUT2D eigenvalue weighted by molar-refractivity contribution is 5.70. The van der Waals surface area contributed by atoms with Crippen molar-refractivity contribution in [3.05, 3.63) is 60.8 Å². The molecule has 0 saturated heterocycles. The maximum Gasteiger partial charge on any atom is 0.306 e. The van der Waals surface area contributed by atoms with Crippen LogP contribution in [-0.2, 0) is 33.3 Å². The van der Waals surface area contributed by atoms with Gasteiger partial charge in [0.2, 0.25) is 0 Å². The van der Waals surface area contributed by atoms with Gasteiger partial charge in [0.15, 0.2) is 12.4 Å². The summed E-state index contributed by atoms with van der Waals surface area (Å²) in [6.45, 7) is 4.71. The topological polar surface area (TPSA) is 111 Å². The number of rotatable bonds is 72. The predicted molar refractivity (Wildman–Crippen MR) is 380 cm³/mol. The Kier molecular flexibility index (Phi) is 68.5. The van der Waals surface area contributed by atoms with Crippen LogP contribution in [0.1, 0.15) is 373 Å². The van der Waals surface area contributed by atoms with Gasteiger partial charge in [0, 0.05) is 12.8 Å². The molecule has 0 radical (unpaired) electrons. The first-order valence-corrected chi connectivity index (χ1v) is 38.4. The zero-order chi connectivity index (χ0) is 64.7. The Hall–Kier alpha value is -3.01. The number of carbonyl (C=O) groups excluding carboxylic acids is 3. The summed E-state index contributed by atoms with van der Waals surface area (Å²) >= 11 is 0. The van der Waals surface area contributed by atoms with Gasteiger partial charge in [-0.1, -0.05) is 364 Å². The molecular weight excluding hydrogens is 1100 g/mol. The number of quaternary nitrogens is 1. The fourth-order valence-electron chi connectivity index (χ4n) is 11.5. The van der Waals surface area contributed by atoms with E-state index in [4.69, 9.17) is 18.9 Å². The second-order valence-corrected chi connectivity index (χ2v) is 27.3. The number of hydrogen-bond donors (Lipinski definition) is 0. The van der Waals surface area contributed by atoms with Gasteiger partial charge in [-0.3, -0.25) is 9.59 Å². The van der Waals surface area contributed by atoms with E-state index in [1.807, 2.05) is 21.1 Å². The van der Waals surface area contributed by atoms with E-state index in [1.165, 1.54) is 276 Å². The van der Waals surface area contributed by atoms with Crippen LogP contribution in [-0.4, -0.2) is 82.3 Å². The minimum atomic E-state index is -1.62. The lowest BCUT2D eigenvalue weighted by molar-refractivity contribution is -0.870. The molecule has 2 atom stereocenters. The average molecular weight is 1250 g/mol. The van der Waals surface area contributed by atoms with Gasteiger partial charge in [-0.05, 0) is 57.8 Å². The molecule has 0 aliphatic carbocycles. The molecular formula is C80H147NO8. The third kappa shape index (κ3) is 72.3. The van der Waals surface area contributed by atoms with Crippen molar-refractivity contribution < 1.29 is 42.9 Å². The summed E-state index contributed by atoms with van der Waals surface area (Å²) in [5.74, 6) is -2.25. The van der Waals surface area contributed by atoms with Crippen LogP contribution in [0.3, 0.4) is 0 Å². The Morgan fingerprint density at radius 2 is 0.640 bits per heavy atom. The zero-order valence-corrected chi connectivity index (χ0v) is 59.6. The fraction of sp³-hybridized carbons (Fsp3) is 0.838. The number of hydrogen-bond acceptors (Lipinski definition) is 8. The van der Waals surface area contributed by atoms with Crippen LogP contribution in [0.25, 0.3) is 0 Å². The van der Waals surface area contributed by atoms with E-state index in [0.29, 0.717) is 17.4 Å². The Balaban J connectivity index is 3.99. The third-order valence-corrected chi connectivity index (χ3v) is 17.3. The summed E-state index contributed by atoms with van der Waals surface area (Å²) in [6.07, 6.45) is 90.5. The van der Waals surface area contributed by atoms with E-state index in [2.05, 4.69) is 74.6 Å². The van der Waals surface area contributed by atoms with Crippen molar-refractivity contribution in [3.63, 3.8) is 0 Å². The van der Waals surface area contributed by atoms with Gasteiger partial charge >= 0.3 is 11.9 Å².